The molecule has 0 saturated carbocycles. The van der Waals surface area contributed by atoms with Crippen LogP contribution in [0, 0.1) is 12.7 Å². The van der Waals surface area contributed by atoms with Crippen LogP contribution >= 0.6 is 0 Å². The number of hydrogen-bond acceptors (Lipinski definition) is 2. The molecule has 98 valence electrons. The van der Waals surface area contributed by atoms with Crippen LogP contribution in [0.5, 0.6) is 0 Å². The zero-order valence-corrected chi connectivity index (χ0v) is 10.4. The molecule has 0 spiro atoms. The molecule has 4 heteroatoms. The number of nitrogens with one attached hydrogen (secondary N) is 1. The summed E-state index contributed by atoms with van der Waals surface area (Å²) in [7, 11) is 0. The van der Waals surface area contributed by atoms with E-state index in [0.717, 1.165) is 0 Å². The average Bonchev–Trinajstić information content (AvgIpc) is 2.37. The average molecular weight is 259 g/mol. The van der Waals surface area contributed by atoms with Gasteiger partial charge in [-0.25, -0.2) is 4.39 Å². The summed E-state index contributed by atoms with van der Waals surface area (Å²) >= 11 is 0. The summed E-state index contributed by atoms with van der Waals surface area (Å²) in [5.41, 5.74) is 1.52. The summed E-state index contributed by atoms with van der Waals surface area (Å²) in [6, 6.07) is 12.8. The van der Waals surface area contributed by atoms with E-state index in [4.69, 9.17) is 0 Å². The third-order valence-corrected chi connectivity index (χ3v) is 2.67. The van der Waals surface area contributed by atoms with Crippen LogP contribution in [0.25, 0.3) is 0 Å². The Balaban J connectivity index is 2.13. The van der Waals surface area contributed by atoms with E-state index in [1.54, 1.807) is 43.3 Å². The molecule has 0 radical (unpaired) electrons. The van der Waals surface area contributed by atoms with Crippen LogP contribution in [0.15, 0.2) is 48.5 Å². The Labute approximate surface area is 110 Å². The van der Waals surface area contributed by atoms with Gasteiger partial charge in [-0.1, -0.05) is 30.3 Å². The van der Waals surface area contributed by atoms with Gasteiger partial charge in [0.25, 0.3) is 5.91 Å². The van der Waals surface area contributed by atoms with Crippen LogP contribution in [0.1, 0.15) is 17.2 Å². The minimum Gasteiger partial charge on any atom is -0.378 e. The number of carbonyl (C=O) groups excluding carboxylic acids is 1. The molecule has 0 fully saturated rings. The molecular formula is C15H14FNO2. The lowest BCUT2D eigenvalue weighted by atomic mass is 10.1. The highest BCUT2D eigenvalue weighted by Crippen LogP contribution is 2.17. The maximum atomic E-state index is 13.2. The lowest BCUT2D eigenvalue weighted by Gasteiger charge is -2.12. The van der Waals surface area contributed by atoms with Crippen LogP contribution in [-0.4, -0.2) is 11.0 Å². The molecule has 1 atom stereocenters. The van der Waals surface area contributed by atoms with Crippen LogP contribution in [0.3, 0.4) is 0 Å². The Morgan fingerprint density at radius 1 is 1.21 bits per heavy atom. The van der Waals surface area contributed by atoms with Crippen LogP contribution < -0.4 is 5.32 Å². The van der Waals surface area contributed by atoms with Gasteiger partial charge in [0.15, 0.2) is 6.10 Å². The molecule has 1 amide bonds. The summed E-state index contributed by atoms with van der Waals surface area (Å²) < 4.78 is 13.2. The molecule has 2 aromatic carbocycles. The third kappa shape index (κ3) is 3.39. The van der Waals surface area contributed by atoms with E-state index in [0.29, 0.717) is 16.8 Å². The smallest absolute Gasteiger partial charge is 0.257 e. The fourth-order valence-corrected chi connectivity index (χ4v) is 1.81. The largest absolute Gasteiger partial charge is 0.378 e. The first kappa shape index (κ1) is 13.2. The number of anilines is 1. The number of aryl methyl sites for hydroxylation is 1. The van der Waals surface area contributed by atoms with Crippen LogP contribution in [0.2, 0.25) is 0 Å². The zero-order valence-electron chi connectivity index (χ0n) is 10.4. The number of benzene rings is 2. The molecule has 3 nitrogen and oxygen atoms in total. The van der Waals surface area contributed by atoms with Gasteiger partial charge in [0.1, 0.15) is 5.82 Å². The monoisotopic (exact) mass is 259 g/mol. The SMILES string of the molecule is Cc1cc(F)cc(NC(=O)C(O)c2ccccc2)c1. The number of carbonyl (C=O) groups is 1. The number of hydrogen-bond donors (Lipinski definition) is 2. The Morgan fingerprint density at radius 2 is 1.89 bits per heavy atom. The second-order valence-electron chi connectivity index (χ2n) is 4.32. The van der Waals surface area contributed by atoms with E-state index in [-0.39, 0.29) is 0 Å². The van der Waals surface area contributed by atoms with Crippen molar-refractivity contribution in [3.63, 3.8) is 0 Å². The third-order valence-electron chi connectivity index (χ3n) is 2.67. The summed E-state index contributed by atoms with van der Waals surface area (Å²) in [6.45, 7) is 1.73. The number of aliphatic hydroxyl groups excluding tert-OH is 1. The lowest BCUT2D eigenvalue weighted by molar-refractivity contribution is -0.124. The molecule has 0 bridgehead atoms. The van der Waals surface area contributed by atoms with Crippen molar-refractivity contribution in [2.75, 3.05) is 5.32 Å². The van der Waals surface area contributed by atoms with Crippen molar-refractivity contribution in [3.8, 4) is 0 Å². The van der Waals surface area contributed by atoms with Crippen molar-refractivity contribution in [1.82, 2.24) is 0 Å². The normalized spacial score (nSPS) is 11.9. The zero-order chi connectivity index (χ0) is 13.8. The molecule has 0 saturated heterocycles. The van der Waals surface area contributed by atoms with E-state index < -0.39 is 17.8 Å². The van der Waals surface area contributed by atoms with Gasteiger partial charge in [-0.3, -0.25) is 4.79 Å². The summed E-state index contributed by atoms with van der Waals surface area (Å²) in [5.74, 6) is -1.01. The first-order valence-electron chi connectivity index (χ1n) is 5.87. The summed E-state index contributed by atoms with van der Waals surface area (Å²) in [5, 5.41) is 12.4. The van der Waals surface area contributed by atoms with Crippen molar-refractivity contribution >= 4 is 11.6 Å². The van der Waals surface area contributed by atoms with Gasteiger partial charge in [-0.2, -0.15) is 0 Å². The Hall–Kier alpha value is -2.20. The Bertz CT molecular complexity index is 564. The molecule has 0 aliphatic carbocycles. The standard InChI is InChI=1S/C15H14FNO2/c1-10-7-12(16)9-13(8-10)17-15(19)14(18)11-5-3-2-4-6-11/h2-9,14,18H,1H3,(H,17,19). The summed E-state index contributed by atoms with van der Waals surface area (Å²) in [6.07, 6.45) is -1.27. The minimum absolute atomic E-state index is 0.331. The van der Waals surface area contributed by atoms with Gasteiger partial charge in [0, 0.05) is 5.69 Å². The van der Waals surface area contributed by atoms with Crippen LogP contribution in [-0.2, 0) is 4.79 Å². The van der Waals surface area contributed by atoms with E-state index >= 15 is 0 Å². The summed E-state index contributed by atoms with van der Waals surface area (Å²) in [4.78, 5) is 11.9. The van der Waals surface area contributed by atoms with Gasteiger partial charge < -0.3 is 10.4 Å². The van der Waals surface area contributed by atoms with Crippen LogP contribution in [0.4, 0.5) is 10.1 Å². The highest BCUT2D eigenvalue weighted by atomic mass is 19.1. The molecule has 0 aliphatic heterocycles. The lowest BCUT2D eigenvalue weighted by Crippen LogP contribution is -2.20. The molecule has 0 heterocycles. The number of aliphatic hydroxyl groups is 1. The quantitative estimate of drug-likeness (QED) is 0.890. The van der Waals surface area contributed by atoms with Crippen molar-refractivity contribution in [2.24, 2.45) is 0 Å². The molecule has 2 N–H and O–H groups in total. The van der Waals surface area contributed by atoms with Gasteiger partial charge in [0.05, 0.1) is 0 Å². The van der Waals surface area contributed by atoms with Gasteiger partial charge >= 0.3 is 0 Å². The second-order valence-corrected chi connectivity index (χ2v) is 4.32. The number of amides is 1. The minimum atomic E-state index is -1.27. The maximum Gasteiger partial charge on any atom is 0.257 e. The maximum absolute atomic E-state index is 13.2. The van der Waals surface area contributed by atoms with E-state index in [1.165, 1.54) is 12.1 Å². The van der Waals surface area contributed by atoms with Gasteiger partial charge in [0.2, 0.25) is 0 Å². The van der Waals surface area contributed by atoms with Crippen molar-refractivity contribution in [3.05, 3.63) is 65.5 Å². The van der Waals surface area contributed by atoms with Crippen molar-refractivity contribution < 1.29 is 14.3 Å². The molecule has 0 aromatic heterocycles. The second kappa shape index (κ2) is 5.63. The highest BCUT2D eigenvalue weighted by Gasteiger charge is 2.17. The molecular weight excluding hydrogens is 245 g/mol. The molecule has 2 aromatic rings. The number of halogens is 1. The molecule has 19 heavy (non-hydrogen) atoms. The first-order chi connectivity index (χ1) is 9.06. The molecule has 1 unspecified atom stereocenters. The first-order valence-corrected chi connectivity index (χ1v) is 5.87. The van der Waals surface area contributed by atoms with E-state index in [1.807, 2.05) is 0 Å². The van der Waals surface area contributed by atoms with Crippen molar-refractivity contribution in [1.29, 1.82) is 0 Å². The highest BCUT2D eigenvalue weighted by molar-refractivity contribution is 5.94. The predicted octanol–water partition coefficient (Wildman–Crippen LogP) is 2.81. The fourth-order valence-electron chi connectivity index (χ4n) is 1.81. The number of rotatable bonds is 3. The van der Waals surface area contributed by atoms with E-state index in [2.05, 4.69) is 5.32 Å². The van der Waals surface area contributed by atoms with Gasteiger partial charge in [-0.15, -0.1) is 0 Å². The topological polar surface area (TPSA) is 49.3 Å². The van der Waals surface area contributed by atoms with Gasteiger partial charge in [-0.05, 0) is 36.2 Å². The Morgan fingerprint density at radius 3 is 2.53 bits per heavy atom. The van der Waals surface area contributed by atoms with Crippen molar-refractivity contribution in [2.45, 2.75) is 13.0 Å². The Kier molecular flexibility index (Phi) is 3.92. The molecule has 0 aliphatic rings. The predicted molar refractivity (Wildman–Crippen MR) is 71.2 cm³/mol. The fraction of sp³-hybridized carbons (Fsp3) is 0.133. The van der Waals surface area contributed by atoms with E-state index in [9.17, 15) is 14.3 Å². The molecule has 2 rings (SSSR count).